The van der Waals surface area contributed by atoms with Crippen molar-refractivity contribution in [2.75, 3.05) is 18.4 Å². The molecule has 0 saturated carbocycles. The molecule has 2 aromatic carbocycles. The number of rotatable bonds is 5. The van der Waals surface area contributed by atoms with Gasteiger partial charge < -0.3 is 5.32 Å². The van der Waals surface area contributed by atoms with E-state index in [1.54, 1.807) is 0 Å². The zero-order valence-corrected chi connectivity index (χ0v) is 16.4. The van der Waals surface area contributed by atoms with Crippen molar-refractivity contribution < 1.29 is 4.79 Å². The number of piperidine rings is 1. The normalized spacial score (nSPS) is 17.9. The summed E-state index contributed by atoms with van der Waals surface area (Å²) in [5.41, 5.74) is 4.52. The highest BCUT2D eigenvalue weighted by atomic mass is 35.5. The summed E-state index contributed by atoms with van der Waals surface area (Å²) in [7, 11) is 0. The van der Waals surface area contributed by atoms with Crippen LogP contribution in [-0.2, 0) is 17.8 Å². The Hall–Kier alpha value is -1.84. The molecule has 1 saturated heterocycles. The highest BCUT2D eigenvalue weighted by molar-refractivity contribution is 6.30. The Morgan fingerprint density at radius 1 is 1.27 bits per heavy atom. The third-order valence-electron chi connectivity index (χ3n) is 5.16. The number of hydrogen-bond acceptors (Lipinski definition) is 2. The van der Waals surface area contributed by atoms with Crippen molar-refractivity contribution in [2.45, 2.75) is 39.7 Å². The van der Waals surface area contributed by atoms with E-state index >= 15 is 0 Å². The number of aryl methyl sites for hydroxylation is 2. The van der Waals surface area contributed by atoms with Gasteiger partial charge >= 0.3 is 0 Å². The molecular weight excluding hydrogens is 344 g/mol. The number of nitrogens with zero attached hydrogens (tertiary/aromatic N) is 1. The van der Waals surface area contributed by atoms with Crippen LogP contribution < -0.4 is 5.32 Å². The molecular formula is C22H27ClN2O. The van der Waals surface area contributed by atoms with E-state index in [-0.39, 0.29) is 11.8 Å². The zero-order valence-electron chi connectivity index (χ0n) is 15.6. The number of anilines is 1. The fourth-order valence-corrected chi connectivity index (χ4v) is 3.95. The second-order valence-electron chi connectivity index (χ2n) is 7.16. The van der Waals surface area contributed by atoms with Gasteiger partial charge in [0.2, 0.25) is 5.91 Å². The number of halogens is 1. The molecule has 1 atom stereocenters. The third kappa shape index (κ3) is 4.66. The summed E-state index contributed by atoms with van der Waals surface area (Å²) >= 11 is 6.09. The lowest BCUT2D eigenvalue weighted by molar-refractivity contribution is -0.121. The summed E-state index contributed by atoms with van der Waals surface area (Å²) in [5, 5.41) is 3.97. The molecule has 1 amide bonds. The van der Waals surface area contributed by atoms with Crippen LogP contribution in [0.25, 0.3) is 0 Å². The molecule has 4 heteroatoms. The lowest BCUT2D eigenvalue weighted by atomic mass is 9.96. The van der Waals surface area contributed by atoms with E-state index in [1.807, 2.05) is 18.2 Å². The Kier molecular flexibility index (Phi) is 6.33. The fraction of sp³-hybridized carbons (Fsp3) is 0.409. The molecule has 3 nitrogen and oxygen atoms in total. The Labute approximate surface area is 161 Å². The van der Waals surface area contributed by atoms with Crippen LogP contribution in [0.4, 0.5) is 5.69 Å². The van der Waals surface area contributed by atoms with Crippen molar-refractivity contribution in [3.8, 4) is 0 Å². The number of carbonyl (C=O) groups is 1. The fourth-order valence-electron chi connectivity index (χ4n) is 3.73. The summed E-state index contributed by atoms with van der Waals surface area (Å²) in [6.45, 7) is 6.85. The molecule has 1 aliphatic heterocycles. The van der Waals surface area contributed by atoms with Gasteiger partial charge in [-0.1, -0.05) is 48.9 Å². The van der Waals surface area contributed by atoms with E-state index < -0.39 is 0 Å². The molecule has 0 aliphatic carbocycles. The highest BCUT2D eigenvalue weighted by Crippen LogP contribution is 2.25. The second kappa shape index (κ2) is 8.70. The molecule has 0 bridgehead atoms. The minimum Gasteiger partial charge on any atom is -0.325 e. The number of para-hydroxylation sites is 1. The Bertz CT molecular complexity index is 774. The lowest BCUT2D eigenvalue weighted by Crippen LogP contribution is -2.40. The number of carbonyl (C=O) groups excluding carboxylic acids is 1. The molecule has 0 aromatic heterocycles. The van der Waals surface area contributed by atoms with Gasteiger partial charge in [0.15, 0.2) is 0 Å². The SMILES string of the molecule is CCc1cccc(C)c1NC(=O)C1CCCN(Cc2cccc(Cl)c2)C1. The van der Waals surface area contributed by atoms with Gasteiger partial charge in [0.1, 0.15) is 0 Å². The smallest absolute Gasteiger partial charge is 0.228 e. The van der Waals surface area contributed by atoms with Gasteiger partial charge in [0.05, 0.1) is 5.92 Å². The number of benzene rings is 2. The van der Waals surface area contributed by atoms with E-state index in [4.69, 9.17) is 11.6 Å². The van der Waals surface area contributed by atoms with E-state index in [1.165, 1.54) is 11.1 Å². The van der Waals surface area contributed by atoms with Crippen molar-refractivity contribution in [2.24, 2.45) is 5.92 Å². The molecule has 26 heavy (non-hydrogen) atoms. The molecule has 1 aliphatic rings. The number of nitrogens with one attached hydrogen (secondary N) is 1. The van der Waals surface area contributed by atoms with Gasteiger partial charge in [-0.3, -0.25) is 9.69 Å². The van der Waals surface area contributed by atoms with Crippen LogP contribution in [0.3, 0.4) is 0 Å². The molecule has 0 spiro atoms. The molecule has 3 rings (SSSR count). The standard InChI is InChI=1S/C22H27ClN2O/c1-3-18-9-4-7-16(2)21(18)24-22(26)19-10-6-12-25(15-19)14-17-8-5-11-20(23)13-17/h4-5,7-9,11,13,19H,3,6,10,12,14-15H2,1-2H3,(H,24,26). The number of amides is 1. The highest BCUT2D eigenvalue weighted by Gasteiger charge is 2.26. The van der Waals surface area contributed by atoms with E-state index in [9.17, 15) is 4.79 Å². The molecule has 138 valence electrons. The maximum Gasteiger partial charge on any atom is 0.228 e. The van der Waals surface area contributed by atoms with Crippen LogP contribution in [0, 0.1) is 12.8 Å². The Morgan fingerprint density at radius 2 is 2.08 bits per heavy atom. The van der Waals surface area contributed by atoms with Crippen LogP contribution >= 0.6 is 11.6 Å². The minimum absolute atomic E-state index is 0.0345. The van der Waals surface area contributed by atoms with Crippen LogP contribution in [0.5, 0.6) is 0 Å². The quantitative estimate of drug-likeness (QED) is 0.797. The first-order valence-corrected chi connectivity index (χ1v) is 9.80. The van der Waals surface area contributed by atoms with E-state index in [2.05, 4.69) is 48.3 Å². The van der Waals surface area contributed by atoms with Gasteiger partial charge in [-0.2, -0.15) is 0 Å². The predicted molar refractivity (Wildman–Crippen MR) is 109 cm³/mol. The number of hydrogen-bond donors (Lipinski definition) is 1. The molecule has 1 fully saturated rings. The average molecular weight is 371 g/mol. The van der Waals surface area contributed by atoms with Crippen LogP contribution in [-0.4, -0.2) is 23.9 Å². The van der Waals surface area contributed by atoms with Gasteiger partial charge in [0.25, 0.3) is 0 Å². The van der Waals surface area contributed by atoms with Gasteiger partial charge in [-0.25, -0.2) is 0 Å². The largest absolute Gasteiger partial charge is 0.325 e. The maximum absolute atomic E-state index is 12.9. The average Bonchev–Trinajstić information content (AvgIpc) is 2.63. The Morgan fingerprint density at radius 3 is 2.85 bits per heavy atom. The third-order valence-corrected chi connectivity index (χ3v) is 5.39. The molecule has 1 unspecified atom stereocenters. The topological polar surface area (TPSA) is 32.3 Å². The zero-order chi connectivity index (χ0) is 18.5. The summed E-state index contributed by atoms with van der Waals surface area (Å²) in [6.07, 6.45) is 2.92. The van der Waals surface area contributed by atoms with Gasteiger partial charge in [0, 0.05) is 23.8 Å². The van der Waals surface area contributed by atoms with Crippen molar-refractivity contribution in [1.82, 2.24) is 4.90 Å². The summed E-state index contributed by atoms with van der Waals surface area (Å²) in [5.74, 6) is 0.178. The number of likely N-dealkylation sites (tertiary alicyclic amines) is 1. The lowest BCUT2D eigenvalue weighted by Gasteiger charge is -2.32. The first-order valence-electron chi connectivity index (χ1n) is 9.43. The van der Waals surface area contributed by atoms with Crippen LogP contribution in [0.1, 0.15) is 36.5 Å². The van der Waals surface area contributed by atoms with Crippen molar-refractivity contribution in [1.29, 1.82) is 0 Å². The Balaban J connectivity index is 1.65. The van der Waals surface area contributed by atoms with E-state index in [0.29, 0.717) is 0 Å². The first-order chi connectivity index (χ1) is 12.6. The monoisotopic (exact) mass is 370 g/mol. The first kappa shape index (κ1) is 18.9. The molecule has 0 radical (unpaired) electrons. The van der Waals surface area contributed by atoms with Crippen molar-refractivity contribution >= 4 is 23.2 Å². The van der Waals surface area contributed by atoms with Gasteiger partial charge in [-0.15, -0.1) is 0 Å². The maximum atomic E-state index is 12.9. The predicted octanol–water partition coefficient (Wildman–Crippen LogP) is 5.06. The van der Waals surface area contributed by atoms with Crippen molar-refractivity contribution in [3.63, 3.8) is 0 Å². The summed E-state index contributed by atoms with van der Waals surface area (Å²) in [6, 6.07) is 14.2. The van der Waals surface area contributed by atoms with Gasteiger partial charge in [-0.05, 0) is 61.6 Å². The van der Waals surface area contributed by atoms with Crippen LogP contribution in [0.2, 0.25) is 5.02 Å². The minimum atomic E-state index is 0.0345. The van der Waals surface area contributed by atoms with E-state index in [0.717, 1.165) is 55.2 Å². The summed E-state index contributed by atoms with van der Waals surface area (Å²) < 4.78 is 0. The summed E-state index contributed by atoms with van der Waals surface area (Å²) in [4.78, 5) is 15.2. The molecule has 1 heterocycles. The van der Waals surface area contributed by atoms with Crippen molar-refractivity contribution in [3.05, 3.63) is 64.2 Å². The van der Waals surface area contributed by atoms with Crippen LogP contribution in [0.15, 0.2) is 42.5 Å². The molecule has 1 N–H and O–H groups in total. The molecule has 2 aromatic rings. The second-order valence-corrected chi connectivity index (χ2v) is 7.59.